The fourth-order valence-electron chi connectivity index (χ4n) is 2.14. The molecule has 5 nitrogen and oxygen atoms in total. The molecule has 1 fully saturated rings. The second-order valence-electron chi connectivity index (χ2n) is 4.31. The fraction of sp³-hybridized carbons (Fsp3) is 0.583. The topological polar surface area (TPSA) is 70.4 Å². The number of hydrogen-bond acceptors (Lipinski definition) is 5. The molecule has 0 N–H and O–H groups in total. The summed E-state index contributed by atoms with van der Waals surface area (Å²) in [5, 5.41) is 8.77. The summed E-state index contributed by atoms with van der Waals surface area (Å²) in [6, 6.07) is 5.01. The van der Waals surface area contributed by atoms with E-state index < -0.39 is 10.0 Å². The number of nitriles is 1. The summed E-state index contributed by atoms with van der Waals surface area (Å²) < 4.78 is 32.1. The molecule has 104 valence electrons. The van der Waals surface area contributed by atoms with E-state index in [1.54, 1.807) is 6.07 Å². The molecule has 7 heteroatoms. The molecule has 19 heavy (non-hydrogen) atoms. The molecule has 0 amide bonds. The van der Waals surface area contributed by atoms with Crippen LogP contribution in [0.4, 0.5) is 0 Å². The Bertz CT molecular complexity index is 572. The van der Waals surface area contributed by atoms with Gasteiger partial charge >= 0.3 is 0 Å². The van der Waals surface area contributed by atoms with Crippen LogP contribution in [0.2, 0.25) is 0 Å². The number of sulfonamides is 1. The lowest BCUT2D eigenvalue weighted by Crippen LogP contribution is -2.42. The molecule has 0 aliphatic carbocycles. The Balaban J connectivity index is 2.17. The van der Waals surface area contributed by atoms with Crippen LogP contribution in [0.15, 0.2) is 16.3 Å². The monoisotopic (exact) mass is 300 g/mol. The van der Waals surface area contributed by atoms with Gasteiger partial charge in [0.05, 0.1) is 6.10 Å². The van der Waals surface area contributed by atoms with E-state index >= 15 is 0 Å². The molecule has 0 spiro atoms. The van der Waals surface area contributed by atoms with Crippen molar-refractivity contribution in [2.45, 2.75) is 30.1 Å². The van der Waals surface area contributed by atoms with E-state index in [0.29, 0.717) is 24.6 Å². The lowest BCUT2D eigenvalue weighted by molar-refractivity contribution is 0.0265. The van der Waals surface area contributed by atoms with Crippen LogP contribution in [0, 0.1) is 11.3 Å². The van der Waals surface area contributed by atoms with Gasteiger partial charge in [0.15, 0.2) is 0 Å². The Morgan fingerprint density at radius 1 is 1.58 bits per heavy atom. The highest BCUT2D eigenvalue weighted by Crippen LogP contribution is 2.27. The number of rotatable bonds is 4. The third-order valence-corrected chi connectivity index (χ3v) is 6.35. The van der Waals surface area contributed by atoms with Gasteiger partial charge in [-0.25, -0.2) is 8.42 Å². The van der Waals surface area contributed by atoms with Crippen LogP contribution in [0.3, 0.4) is 0 Å². The van der Waals surface area contributed by atoms with E-state index in [0.717, 1.165) is 24.2 Å². The number of hydrogen-bond donors (Lipinski definition) is 0. The standard InChI is InChI=1S/C12H16N2O3S2/c1-2-17-10-4-3-7-14(9-10)19(15,16)12-6-5-11(8-13)18-12/h5-6,10H,2-4,7,9H2,1H3. The molecule has 1 saturated heterocycles. The van der Waals surface area contributed by atoms with Gasteiger partial charge in [-0.15, -0.1) is 11.3 Å². The predicted molar refractivity (Wildman–Crippen MR) is 72.4 cm³/mol. The van der Waals surface area contributed by atoms with Crippen molar-refractivity contribution < 1.29 is 13.2 Å². The minimum Gasteiger partial charge on any atom is -0.377 e. The van der Waals surface area contributed by atoms with Gasteiger partial charge in [-0.2, -0.15) is 9.57 Å². The van der Waals surface area contributed by atoms with Crippen LogP contribution < -0.4 is 0 Å². The van der Waals surface area contributed by atoms with E-state index in [2.05, 4.69) is 0 Å². The van der Waals surface area contributed by atoms with Crippen molar-refractivity contribution in [3.63, 3.8) is 0 Å². The van der Waals surface area contributed by atoms with Crippen molar-refractivity contribution >= 4 is 21.4 Å². The van der Waals surface area contributed by atoms with Crippen LogP contribution in [0.1, 0.15) is 24.6 Å². The molecule has 2 rings (SSSR count). The molecule has 2 heterocycles. The van der Waals surface area contributed by atoms with Gasteiger partial charge < -0.3 is 4.74 Å². The maximum atomic E-state index is 12.4. The largest absolute Gasteiger partial charge is 0.377 e. The van der Waals surface area contributed by atoms with E-state index in [1.165, 1.54) is 10.4 Å². The van der Waals surface area contributed by atoms with Gasteiger partial charge in [-0.05, 0) is 31.9 Å². The highest BCUT2D eigenvalue weighted by molar-refractivity contribution is 7.91. The van der Waals surface area contributed by atoms with Gasteiger partial charge in [-0.3, -0.25) is 0 Å². The first-order chi connectivity index (χ1) is 9.07. The fourth-order valence-corrected chi connectivity index (χ4v) is 4.91. The van der Waals surface area contributed by atoms with Gasteiger partial charge in [0, 0.05) is 19.7 Å². The van der Waals surface area contributed by atoms with E-state index in [-0.39, 0.29) is 10.3 Å². The van der Waals surface area contributed by atoms with E-state index in [4.69, 9.17) is 10.00 Å². The lowest BCUT2D eigenvalue weighted by atomic mass is 10.1. The summed E-state index contributed by atoms with van der Waals surface area (Å²) in [6.07, 6.45) is 1.68. The Hall–Kier alpha value is -0.940. The van der Waals surface area contributed by atoms with Crippen molar-refractivity contribution in [1.29, 1.82) is 5.26 Å². The second kappa shape index (κ2) is 6.01. The summed E-state index contributed by atoms with van der Waals surface area (Å²) in [5.41, 5.74) is 0. The molecular formula is C12H16N2O3S2. The summed E-state index contributed by atoms with van der Waals surface area (Å²) in [6.45, 7) is 3.42. The first kappa shape index (κ1) is 14.5. The molecule has 1 aliphatic heterocycles. The van der Waals surface area contributed by atoms with Gasteiger partial charge in [0.2, 0.25) is 0 Å². The van der Waals surface area contributed by atoms with Crippen molar-refractivity contribution in [1.82, 2.24) is 4.31 Å². The first-order valence-corrected chi connectivity index (χ1v) is 8.45. The normalized spacial score (nSPS) is 21.2. The third kappa shape index (κ3) is 3.15. The molecule has 0 saturated carbocycles. The Morgan fingerprint density at radius 2 is 2.37 bits per heavy atom. The average Bonchev–Trinajstić information content (AvgIpc) is 2.89. The Morgan fingerprint density at radius 3 is 3.00 bits per heavy atom. The lowest BCUT2D eigenvalue weighted by Gasteiger charge is -2.31. The minimum atomic E-state index is -3.48. The average molecular weight is 300 g/mol. The molecule has 1 aromatic rings. The molecule has 0 bridgehead atoms. The SMILES string of the molecule is CCOC1CCCN(S(=O)(=O)c2ccc(C#N)s2)C1. The zero-order valence-corrected chi connectivity index (χ0v) is 12.3. The smallest absolute Gasteiger partial charge is 0.252 e. The summed E-state index contributed by atoms with van der Waals surface area (Å²) in [4.78, 5) is 0.414. The quantitative estimate of drug-likeness (QED) is 0.850. The number of nitrogens with zero attached hydrogens (tertiary/aromatic N) is 2. The van der Waals surface area contributed by atoms with Gasteiger partial charge in [0.1, 0.15) is 15.2 Å². The van der Waals surface area contributed by atoms with Gasteiger partial charge in [-0.1, -0.05) is 0 Å². The van der Waals surface area contributed by atoms with E-state index in [9.17, 15) is 8.42 Å². The first-order valence-electron chi connectivity index (χ1n) is 6.19. The molecule has 1 atom stereocenters. The van der Waals surface area contributed by atoms with Crippen LogP contribution >= 0.6 is 11.3 Å². The van der Waals surface area contributed by atoms with Crippen LogP contribution in [0.25, 0.3) is 0 Å². The molecule has 1 aromatic heterocycles. The number of piperidine rings is 1. The highest BCUT2D eigenvalue weighted by atomic mass is 32.2. The number of thiophene rings is 1. The molecular weight excluding hydrogens is 284 g/mol. The van der Waals surface area contributed by atoms with Crippen LogP contribution in [-0.4, -0.2) is 38.5 Å². The molecule has 1 aliphatic rings. The van der Waals surface area contributed by atoms with Crippen molar-refractivity contribution in [3.8, 4) is 6.07 Å². The van der Waals surface area contributed by atoms with Crippen molar-refractivity contribution in [2.75, 3.05) is 19.7 Å². The zero-order valence-electron chi connectivity index (χ0n) is 10.7. The maximum absolute atomic E-state index is 12.4. The molecule has 0 aromatic carbocycles. The van der Waals surface area contributed by atoms with Crippen LogP contribution in [0.5, 0.6) is 0 Å². The van der Waals surface area contributed by atoms with E-state index in [1.807, 2.05) is 13.0 Å². The van der Waals surface area contributed by atoms with Gasteiger partial charge in [0.25, 0.3) is 10.0 Å². The zero-order chi connectivity index (χ0) is 13.9. The Labute approximate surface area is 117 Å². The Kier molecular flexibility index (Phi) is 4.58. The summed E-state index contributed by atoms with van der Waals surface area (Å²) in [5.74, 6) is 0. The minimum absolute atomic E-state index is 0.0241. The third-order valence-electron chi connectivity index (χ3n) is 3.03. The predicted octanol–water partition coefficient (Wildman–Crippen LogP) is 1.81. The second-order valence-corrected chi connectivity index (χ2v) is 7.56. The maximum Gasteiger partial charge on any atom is 0.252 e. The summed E-state index contributed by atoms with van der Waals surface area (Å²) in [7, 11) is -3.48. The summed E-state index contributed by atoms with van der Waals surface area (Å²) >= 11 is 1.02. The molecule has 0 radical (unpaired) electrons. The van der Waals surface area contributed by atoms with Crippen molar-refractivity contribution in [3.05, 3.63) is 17.0 Å². The molecule has 1 unspecified atom stereocenters. The van der Waals surface area contributed by atoms with Crippen molar-refractivity contribution in [2.24, 2.45) is 0 Å². The number of ether oxygens (including phenoxy) is 1. The van der Waals surface area contributed by atoms with Crippen LogP contribution in [-0.2, 0) is 14.8 Å². The highest BCUT2D eigenvalue weighted by Gasteiger charge is 2.31.